The molecule has 3 atom stereocenters. The van der Waals surface area contributed by atoms with E-state index in [4.69, 9.17) is 6.57 Å². The van der Waals surface area contributed by atoms with E-state index >= 15 is 0 Å². The van der Waals surface area contributed by atoms with E-state index in [1.165, 1.54) is 9.80 Å². The van der Waals surface area contributed by atoms with E-state index in [-0.39, 0.29) is 31.2 Å². The monoisotopic (exact) mass is 478 g/mol. The molecule has 36 heavy (non-hydrogen) atoms. The summed E-state index contributed by atoms with van der Waals surface area (Å²) in [6.45, 7) is 7.88. The standard InChI is InChI=1S/C29H26N4O3/c1-30-25-18-29(23-15-9-10-16-24(23)31-28(29)36)19-33(25)27(35)22(17-20-11-5-3-6-12-20)26(34)32(2)21-13-7-4-8-14-21/h3-16,22,25H,17-19H2,2H3,(H,31,36)/t22?,25-,29-/m0/s1. The Balaban J connectivity index is 1.49. The molecule has 1 unspecified atom stereocenters. The molecule has 1 spiro atoms. The number of hydrogen-bond donors (Lipinski definition) is 1. The van der Waals surface area contributed by atoms with E-state index in [9.17, 15) is 14.4 Å². The SMILES string of the molecule is [C-]#[N+][C@@H]1C[C@@]2(CN1C(=O)C(Cc1ccccc1)C(=O)N(C)c1ccccc1)C(=O)Nc1ccccc12. The highest BCUT2D eigenvalue weighted by atomic mass is 16.2. The van der Waals surface area contributed by atoms with Crippen LogP contribution in [0.15, 0.2) is 84.9 Å². The van der Waals surface area contributed by atoms with Crippen molar-refractivity contribution in [1.82, 2.24) is 4.90 Å². The fourth-order valence-electron chi connectivity index (χ4n) is 5.30. The number of nitrogens with zero attached hydrogens (tertiary/aromatic N) is 3. The van der Waals surface area contributed by atoms with Crippen molar-refractivity contribution in [2.45, 2.75) is 24.4 Å². The van der Waals surface area contributed by atoms with Gasteiger partial charge in [-0.1, -0.05) is 66.7 Å². The summed E-state index contributed by atoms with van der Waals surface area (Å²) < 4.78 is 0. The van der Waals surface area contributed by atoms with E-state index in [1.54, 1.807) is 7.05 Å². The lowest BCUT2D eigenvalue weighted by atomic mass is 9.80. The van der Waals surface area contributed by atoms with Gasteiger partial charge in [-0.3, -0.25) is 24.1 Å². The average molecular weight is 479 g/mol. The van der Waals surface area contributed by atoms with Gasteiger partial charge >= 0.3 is 6.17 Å². The lowest BCUT2D eigenvalue weighted by Gasteiger charge is -2.28. The third-order valence-corrected chi connectivity index (χ3v) is 7.24. The van der Waals surface area contributed by atoms with Crippen molar-refractivity contribution in [2.75, 3.05) is 23.8 Å². The van der Waals surface area contributed by atoms with E-state index in [0.29, 0.717) is 11.4 Å². The van der Waals surface area contributed by atoms with Crippen LogP contribution < -0.4 is 10.2 Å². The van der Waals surface area contributed by atoms with Crippen LogP contribution in [0.25, 0.3) is 4.85 Å². The fraction of sp³-hybridized carbons (Fsp3) is 0.241. The lowest BCUT2D eigenvalue weighted by Crippen LogP contribution is -2.47. The van der Waals surface area contributed by atoms with Gasteiger partial charge in [0, 0.05) is 25.0 Å². The molecule has 2 aliphatic heterocycles. The van der Waals surface area contributed by atoms with Gasteiger partial charge in [0.15, 0.2) is 0 Å². The van der Waals surface area contributed by atoms with E-state index in [0.717, 1.165) is 11.1 Å². The number of likely N-dealkylation sites (tertiary alicyclic amines) is 1. The molecule has 0 bridgehead atoms. The van der Waals surface area contributed by atoms with Gasteiger partial charge in [0.05, 0.1) is 6.42 Å². The van der Waals surface area contributed by atoms with Crippen LogP contribution in [0.5, 0.6) is 0 Å². The third-order valence-electron chi connectivity index (χ3n) is 7.24. The van der Waals surface area contributed by atoms with E-state index < -0.39 is 23.4 Å². The summed E-state index contributed by atoms with van der Waals surface area (Å²) >= 11 is 0. The van der Waals surface area contributed by atoms with Crippen LogP contribution >= 0.6 is 0 Å². The topological polar surface area (TPSA) is 74.1 Å². The second-order valence-corrected chi connectivity index (χ2v) is 9.34. The summed E-state index contributed by atoms with van der Waals surface area (Å²) in [5, 5.41) is 2.91. The molecule has 2 heterocycles. The van der Waals surface area contributed by atoms with Crippen molar-refractivity contribution in [3.05, 3.63) is 107 Å². The largest absolute Gasteiger partial charge is 0.325 e. The molecule has 3 aromatic rings. The maximum atomic E-state index is 14.1. The lowest BCUT2D eigenvalue weighted by molar-refractivity contribution is -0.141. The van der Waals surface area contributed by atoms with Gasteiger partial charge in [0.1, 0.15) is 11.3 Å². The van der Waals surface area contributed by atoms with Crippen LogP contribution in [0.1, 0.15) is 17.5 Å². The third kappa shape index (κ3) is 3.91. The van der Waals surface area contributed by atoms with Gasteiger partial charge in [-0.15, -0.1) is 0 Å². The zero-order chi connectivity index (χ0) is 25.3. The molecule has 0 saturated carbocycles. The number of amides is 3. The average Bonchev–Trinajstić information content (AvgIpc) is 3.45. The second-order valence-electron chi connectivity index (χ2n) is 9.34. The van der Waals surface area contributed by atoms with Crippen molar-refractivity contribution >= 4 is 29.1 Å². The molecule has 0 radical (unpaired) electrons. The maximum Gasteiger partial charge on any atom is 0.302 e. The number of carbonyl (C=O) groups excluding carboxylic acids is 3. The van der Waals surface area contributed by atoms with Crippen molar-refractivity contribution in [2.24, 2.45) is 5.92 Å². The van der Waals surface area contributed by atoms with Crippen LogP contribution in [0.4, 0.5) is 11.4 Å². The normalized spacial score (nSPS) is 20.9. The number of benzene rings is 3. The zero-order valence-electron chi connectivity index (χ0n) is 19.9. The summed E-state index contributed by atoms with van der Waals surface area (Å²) in [7, 11) is 1.65. The number of para-hydroxylation sites is 2. The molecule has 7 nitrogen and oxygen atoms in total. The predicted molar refractivity (Wildman–Crippen MR) is 137 cm³/mol. The molecule has 180 valence electrons. The van der Waals surface area contributed by atoms with Gasteiger partial charge in [0.25, 0.3) is 0 Å². The minimum Gasteiger partial charge on any atom is -0.325 e. The molecule has 1 fully saturated rings. The molecule has 1 N–H and O–H groups in total. The first-order valence-electron chi connectivity index (χ1n) is 11.9. The minimum absolute atomic E-state index is 0.0648. The summed E-state index contributed by atoms with van der Waals surface area (Å²) in [5.74, 6) is -2.02. The molecule has 3 aromatic carbocycles. The molecule has 0 aromatic heterocycles. The smallest absolute Gasteiger partial charge is 0.302 e. The van der Waals surface area contributed by atoms with Crippen molar-refractivity contribution in [3.63, 3.8) is 0 Å². The molecular weight excluding hydrogens is 452 g/mol. The van der Waals surface area contributed by atoms with Gasteiger partial charge in [0.2, 0.25) is 17.7 Å². The number of carbonyl (C=O) groups is 3. The van der Waals surface area contributed by atoms with Crippen molar-refractivity contribution in [3.8, 4) is 0 Å². The summed E-state index contributed by atoms with van der Waals surface area (Å²) in [6.07, 6.45) is -0.430. The van der Waals surface area contributed by atoms with Gasteiger partial charge in [-0.25, -0.2) is 6.57 Å². The number of nitrogens with one attached hydrogen (secondary N) is 1. The number of hydrogen-bond acceptors (Lipinski definition) is 3. The summed E-state index contributed by atoms with van der Waals surface area (Å²) in [6, 6.07) is 26.0. The minimum atomic E-state index is -1.03. The Labute approximate surface area is 210 Å². The molecule has 0 aliphatic carbocycles. The van der Waals surface area contributed by atoms with E-state index in [1.807, 2.05) is 84.9 Å². The Bertz CT molecular complexity index is 1350. The molecular formula is C29H26N4O3. The molecule has 3 amide bonds. The molecule has 7 heteroatoms. The first-order chi connectivity index (χ1) is 17.4. The Morgan fingerprint density at radius 1 is 1.06 bits per heavy atom. The Morgan fingerprint density at radius 3 is 2.39 bits per heavy atom. The van der Waals surface area contributed by atoms with Gasteiger partial charge < -0.3 is 10.2 Å². The highest BCUT2D eigenvalue weighted by Gasteiger charge is 2.59. The zero-order valence-corrected chi connectivity index (χ0v) is 19.9. The van der Waals surface area contributed by atoms with Crippen LogP contribution in [0, 0.1) is 12.5 Å². The number of rotatable bonds is 5. The Kier molecular flexibility index (Phi) is 6.03. The number of anilines is 2. The van der Waals surface area contributed by atoms with Crippen LogP contribution in [0.3, 0.4) is 0 Å². The first kappa shape index (κ1) is 23.3. The van der Waals surface area contributed by atoms with Crippen LogP contribution in [-0.4, -0.2) is 42.4 Å². The number of fused-ring (bicyclic) bond motifs is 2. The Hall–Kier alpha value is -4.44. The van der Waals surface area contributed by atoms with Crippen LogP contribution in [-0.2, 0) is 26.2 Å². The molecule has 5 rings (SSSR count). The fourth-order valence-corrected chi connectivity index (χ4v) is 5.30. The quantitative estimate of drug-likeness (QED) is 0.447. The van der Waals surface area contributed by atoms with E-state index in [2.05, 4.69) is 10.2 Å². The summed E-state index contributed by atoms with van der Waals surface area (Å²) in [5.41, 5.74) is 2.04. The summed E-state index contributed by atoms with van der Waals surface area (Å²) in [4.78, 5) is 47.6. The predicted octanol–water partition coefficient (Wildman–Crippen LogP) is 3.88. The highest BCUT2D eigenvalue weighted by molar-refractivity contribution is 6.10. The molecule has 1 saturated heterocycles. The highest BCUT2D eigenvalue weighted by Crippen LogP contribution is 2.47. The molecule has 2 aliphatic rings. The van der Waals surface area contributed by atoms with Gasteiger partial charge in [-0.05, 0) is 35.7 Å². The van der Waals surface area contributed by atoms with Crippen molar-refractivity contribution < 1.29 is 14.4 Å². The first-order valence-corrected chi connectivity index (χ1v) is 11.9. The van der Waals surface area contributed by atoms with Crippen molar-refractivity contribution in [1.29, 1.82) is 0 Å². The maximum absolute atomic E-state index is 14.1. The van der Waals surface area contributed by atoms with Gasteiger partial charge in [-0.2, -0.15) is 0 Å². The second kappa shape index (κ2) is 9.31. The van der Waals surface area contributed by atoms with Crippen LogP contribution in [0.2, 0.25) is 0 Å². The Morgan fingerprint density at radius 2 is 1.69 bits per heavy atom.